The van der Waals surface area contributed by atoms with Crippen LogP contribution >= 0.6 is 0 Å². The van der Waals surface area contributed by atoms with Crippen molar-refractivity contribution in [2.75, 3.05) is 56.8 Å². The molecule has 0 aromatic heterocycles. The number of nitrogens with zero attached hydrogens (tertiary/aromatic N) is 2. The highest BCUT2D eigenvalue weighted by Crippen LogP contribution is 2.34. The monoisotopic (exact) mass is 410 g/mol. The van der Waals surface area contributed by atoms with Gasteiger partial charge in [0, 0.05) is 50.2 Å². The van der Waals surface area contributed by atoms with Gasteiger partial charge in [-0.25, -0.2) is 0 Å². The first-order valence-corrected chi connectivity index (χ1v) is 10.1. The van der Waals surface area contributed by atoms with Crippen LogP contribution in [-0.2, 0) is 16.0 Å². The minimum atomic E-state index is -0.709. The van der Waals surface area contributed by atoms with E-state index in [2.05, 4.69) is 51.7 Å². The number of hydrogen-bond acceptors (Lipinski definition) is 6. The number of carbonyl (C=O) groups is 2. The van der Waals surface area contributed by atoms with Gasteiger partial charge < -0.3 is 29.9 Å². The van der Waals surface area contributed by atoms with Gasteiger partial charge in [-0.2, -0.15) is 0 Å². The Labute approximate surface area is 175 Å². The number of anilines is 2. The fourth-order valence-corrected chi connectivity index (χ4v) is 3.50. The minimum Gasteiger partial charge on any atom is -0.454 e. The predicted octanol–water partition coefficient (Wildman–Crippen LogP) is 1.46. The van der Waals surface area contributed by atoms with E-state index in [-0.39, 0.29) is 6.79 Å². The quantitative estimate of drug-likeness (QED) is 0.727. The van der Waals surface area contributed by atoms with Crippen LogP contribution in [0.4, 0.5) is 11.4 Å². The van der Waals surface area contributed by atoms with Crippen LogP contribution in [0.2, 0.25) is 0 Å². The van der Waals surface area contributed by atoms with Crippen LogP contribution in [0.5, 0.6) is 11.5 Å². The van der Waals surface area contributed by atoms with Gasteiger partial charge in [0.25, 0.3) is 0 Å². The Kier molecular flexibility index (Phi) is 6.04. The Bertz CT molecular complexity index is 908. The van der Waals surface area contributed by atoms with Crippen molar-refractivity contribution >= 4 is 23.2 Å². The third-order valence-electron chi connectivity index (χ3n) is 5.34. The van der Waals surface area contributed by atoms with Gasteiger partial charge in [0.05, 0.1) is 0 Å². The number of rotatable bonds is 5. The Morgan fingerprint density at radius 1 is 0.933 bits per heavy atom. The van der Waals surface area contributed by atoms with Gasteiger partial charge in [-0.1, -0.05) is 12.1 Å². The highest BCUT2D eigenvalue weighted by Gasteiger charge is 2.17. The van der Waals surface area contributed by atoms with Gasteiger partial charge in [0.1, 0.15) is 0 Å². The number of amides is 2. The van der Waals surface area contributed by atoms with Crippen molar-refractivity contribution in [2.45, 2.75) is 6.42 Å². The molecule has 158 valence electrons. The van der Waals surface area contributed by atoms with E-state index < -0.39 is 11.8 Å². The topological polar surface area (TPSA) is 83.1 Å². The molecule has 1 fully saturated rings. The fraction of sp³-hybridized carbons (Fsp3) is 0.364. The van der Waals surface area contributed by atoms with Crippen LogP contribution in [0.3, 0.4) is 0 Å². The van der Waals surface area contributed by atoms with Crippen molar-refractivity contribution in [3.63, 3.8) is 0 Å². The van der Waals surface area contributed by atoms with Crippen molar-refractivity contribution in [1.82, 2.24) is 10.2 Å². The smallest absolute Gasteiger partial charge is 0.313 e. The third-order valence-corrected chi connectivity index (χ3v) is 5.34. The Balaban J connectivity index is 1.22. The Morgan fingerprint density at radius 2 is 1.67 bits per heavy atom. The van der Waals surface area contributed by atoms with E-state index in [0.29, 0.717) is 30.2 Å². The molecule has 0 radical (unpaired) electrons. The van der Waals surface area contributed by atoms with Crippen molar-refractivity contribution in [3.05, 3.63) is 48.0 Å². The predicted molar refractivity (Wildman–Crippen MR) is 114 cm³/mol. The third kappa shape index (κ3) is 4.83. The SMILES string of the molecule is CN1CCN(c2ccc(CCNC(=O)C(=O)Nc3ccc4c(c3)OCO4)cc2)CC1. The molecule has 2 N–H and O–H groups in total. The summed E-state index contributed by atoms with van der Waals surface area (Å²) in [7, 11) is 2.14. The van der Waals surface area contributed by atoms with Gasteiger partial charge in [0.15, 0.2) is 11.5 Å². The first-order valence-electron chi connectivity index (χ1n) is 10.1. The summed E-state index contributed by atoms with van der Waals surface area (Å²) in [5.74, 6) is -0.203. The molecule has 8 heteroatoms. The Morgan fingerprint density at radius 3 is 2.43 bits per heavy atom. The maximum absolute atomic E-state index is 12.1. The zero-order valence-electron chi connectivity index (χ0n) is 17.0. The number of hydrogen-bond donors (Lipinski definition) is 2. The number of fused-ring (bicyclic) bond motifs is 1. The van der Waals surface area contributed by atoms with Crippen LogP contribution < -0.4 is 25.0 Å². The molecule has 2 amide bonds. The summed E-state index contributed by atoms with van der Waals surface area (Å²) < 4.78 is 10.5. The van der Waals surface area contributed by atoms with E-state index in [1.165, 1.54) is 5.69 Å². The van der Waals surface area contributed by atoms with E-state index in [0.717, 1.165) is 31.7 Å². The van der Waals surface area contributed by atoms with Crippen LogP contribution in [0.15, 0.2) is 42.5 Å². The van der Waals surface area contributed by atoms with Gasteiger partial charge in [-0.15, -0.1) is 0 Å². The van der Waals surface area contributed by atoms with Crippen LogP contribution in [-0.4, -0.2) is 63.3 Å². The van der Waals surface area contributed by atoms with E-state index in [4.69, 9.17) is 9.47 Å². The summed E-state index contributed by atoms with van der Waals surface area (Å²) in [5.41, 5.74) is 2.82. The van der Waals surface area contributed by atoms with Crippen molar-refractivity contribution < 1.29 is 19.1 Å². The van der Waals surface area contributed by atoms with Gasteiger partial charge in [-0.3, -0.25) is 9.59 Å². The highest BCUT2D eigenvalue weighted by molar-refractivity contribution is 6.39. The summed E-state index contributed by atoms with van der Waals surface area (Å²) in [6.07, 6.45) is 0.659. The molecule has 0 saturated carbocycles. The summed E-state index contributed by atoms with van der Waals surface area (Å²) in [4.78, 5) is 28.9. The molecule has 0 aliphatic carbocycles. The standard InChI is InChI=1S/C22H26N4O4/c1-25-10-12-26(13-11-25)18-5-2-16(3-6-18)8-9-23-21(27)22(28)24-17-4-7-19-20(14-17)30-15-29-19/h2-7,14H,8-13,15H2,1H3,(H,23,27)(H,24,28). The number of piperazine rings is 1. The molecule has 2 aliphatic heterocycles. The number of benzene rings is 2. The number of likely N-dealkylation sites (N-methyl/N-ethyl adjacent to an activating group) is 1. The lowest BCUT2D eigenvalue weighted by molar-refractivity contribution is -0.136. The molecule has 0 atom stereocenters. The van der Waals surface area contributed by atoms with E-state index in [1.54, 1.807) is 18.2 Å². The zero-order valence-corrected chi connectivity index (χ0v) is 17.0. The molecule has 2 aromatic rings. The molecule has 0 bridgehead atoms. The van der Waals surface area contributed by atoms with Gasteiger partial charge in [0.2, 0.25) is 6.79 Å². The lowest BCUT2D eigenvalue weighted by atomic mass is 10.1. The largest absolute Gasteiger partial charge is 0.454 e. The van der Waals surface area contributed by atoms with Gasteiger partial charge in [-0.05, 0) is 43.3 Å². The maximum Gasteiger partial charge on any atom is 0.313 e. The molecule has 30 heavy (non-hydrogen) atoms. The molecule has 0 spiro atoms. The van der Waals surface area contributed by atoms with Crippen molar-refractivity contribution in [3.8, 4) is 11.5 Å². The average molecular weight is 410 g/mol. The second-order valence-corrected chi connectivity index (χ2v) is 7.48. The second kappa shape index (κ2) is 9.04. The zero-order chi connectivity index (χ0) is 20.9. The van der Waals surface area contributed by atoms with Crippen LogP contribution in [0.25, 0.3) is 0 Å². The molecule has 0 unspecified atom stereocenters. The first kappa shape index (κ1) is 20.0. The molecule has 2 heterocycles. The fourth-order valence-electron chi connectivity index (χ4n) is 3.50. The Hall–Kier alpha value is -3.26. The van der Waals surface area contributed by atoms with E-state index >= 15 is 0 Å². The minimum absolute atomic E-state index is 0.156. The summed E-state index contributed by atoms with van der Waals surface area (Å²) in [6, 6.07) is 13.4. The van der Waals surface area contributed by atoms with Crippen molar-refractivity contribution in [2.24, 2.45) is 0 Å². The van der Waals surface area contributed by atoms with Crippen LogP contribution in [0.1, 0.15) is 5.56 Å². The molecule has 4 rings (SSSR count). The molecule has 2 aliphatic rings. The summed E-state index contributed by atoms with van der Waals surface area (Å²) >= 11 is 0. The highest BCUT2D eigenvalue weighted by atomic mass is 16.7. The lowest BCUT2D eigenvalue weighted by Gasteiger charge is -2.34. The summed E-state index contributed by atoms with van der Waals surface area (Å²) in [6.45, 7) is 4.75. The van der Waals surface area contributed by atoms with Crippen molar-refractivity contribution in [1.29, 1.82) is 0 Å². The first-order chi connectivity index (χ1) is 14.6. The lowest BCUT2D eigenvalue weighted by Crippen LogP contribution is -2.44. The summed E-state index contributed by atoms with van der Waals surface area (Å²) in [5, 5.41) is 5.23. The van der Waals surface area contributed by atoms with E-state index in [9.17, 15) is 9.59 Å². The average Bonchev–Trinajstić information content (AvgIpc) is 3.22. The molecule has 1 saturated heterocycles. The number of carbonyl (C=O) groups excluding carboxylic acids is 2. The normalized spacial score (nSPS) is 15.7. The molecular weight excluding hydrogens is 384 g/mol. The maximum atomic E-state index is 12.1. The molecular formula is C22H26N4O4. The van der Waals surface area contributed by atoms with E-state index in [1.807, 2.05) is 0 Å². The number of ether oxygens (including phenoxy) is 2. The molecule has 2 aromatic carbocycles. The van der Waals surface area contributed by atoms with Gasteiger partial charge >= 0.3 is 11.8 Å². The number of nitrogens with one attached hydrogen (secondary N) is 2. The second-order valence-electron chi connectivity index (χ2n) is 7.48. The molecule has 8 nitrogen and oxygen atoms in total. The van der Waals surface area contributed by atoms with Crippen LogP contribution in [0, 0.1) is 0 Å².